The number of aryl methyl sites for hydroxylation is 2. The fraction of sp³-hybridized carbons (Fsp3) is 0.0345. The van der Waals surface area contributed by atoms with E-state index in [0.717, 1.165) is 116 Å². The first-order chi connectivity index (χ1) is 32.7. The molecule has 8 aromatic carbocycles. The van der Waals surface area contributed by atoms with Crippen LogP contribution in [0.1, 0.15) is 11.4 Å². The molecule has 14 aromatic rings. The summed E-state index contributed by atoms with van der Waals surface area (Å²) < 4.78 is 18.0. The smallest absolute Gasteiger partial charge is 0.163 e. The van der Waals surface area contributed by atoms with Crippen LogP contribution in [0.2, 0.25) is 0 Å². The Bertz CT molecular complexity index is 4180. The van der Waals surface area contributed by atoms with Crippen LogP contribution in [0.15, 0.2) is 203 Å². The second kappa shape index (κ2) is 14.3. The van der Waals surface area contributed by atoms with Gasteiger partial charge in [-0.05, 0) is 66.6 Å². The average molecular weight is 849 g/mol. The molecular weight excluding hydrogens is 813 g/mol. The third-order valence-corrected chi connectivity index (χ3v) is 13.1. The van der Waals surface area contributed by atoms with E-state index in [1.54, 1.807) is 0 Å². The summed E-state index contributed by atoms with van der Waals surface area (Å²) in [4.78, 5) is 20.7. The fourth-order valence-electron chi connectivity index (χ4n) is 10.2. The van der Waals surface area contributed by atoms with Crippen molar-refractivity contribution in [2.24, 2.45) is 0 Å². The molecule has 0 spiro atoms. The molecule has 0 radical (unpaired) electrons. The molecule has 0 unspecified atom stereocenters. The quantitative estimate of drug-likeness (QED) is 0.159. The Morgan fingerprint density at radius 3 is 1.45 bits per heavy atom. The van der Waals surface area contributed by atoms with Crippen molar-refractivity contribution in [2.45, 2.75) is 12.8 Å². The van der Waals surface area contributed by atoms with Crippen molar-refractivity contribution in [1.82, 2.24) is 29.1 Å². The van der Waals surface area contributed by atoms with Gasteiger partial charge in [0.2, 0.25) is 0 Å². The highest BCUT2D eigenvalue weighted by Crippen LogP contribution is 2.43. The number of aromatic nitrogens is 6. The number of fused-ring (bicyclic) bond motifs is 14. The monoisotopic (exact) mass is 848 g/mol. The van der Waals surface area contributed by atoms with E-state index in [1.165, 1.54) is 0 Å². The molecule has 0 saturated heterocycles. The number of hydrogen-bond donors (Lipinski definition) is 0. The van der Waals surface area contributed by atoms with Gasteiger partial charge < -0.3 is 13.4 Å². The van der Waals surface area contributed by atoms with Crippen molar-refractivity contribution in [3.05, 3.63) is 206 Å². The molecule has 0 fully saturated rings. The molecule has 8 nitrogen and oxygen atoms in total. The van der Waals surface area contributed by atoms with E-state index in [1.807, 2.05) is 91.1 Å². The van der Waals surface area contributed by atoms with Crippen LogP contribution in [0, 0.1) is 0 Å². The summed E-state index contributed by atoms with van der Waals surface area (Å²) >= 11 is 0. The molecule has 8 heteroatoms. The Kier molecular flexibility index (Phi) is 7.94. The number of para-hydroxylation sites is 4. The van der Waals surface area contributed by atoms with E-state index in [9.17, 15) is 0 Å². The maximum absolute atomic E-state index is 6.69. The van der Waals surface area contributed by atoms with Gasteiger partial charge in [0.1, 0.15) is 34.0 Å². The minimum atomic E-state index is 0.540. The predicted molar refractivity (Wildman–Crippen MR) is 266 cm³/mol. The van der Waals surface area contributed by atoms with Crippen molar-refractivity contribution < 1.29 is 8.83 Å². The zero-order valence-electron chi connectivity index (χ0n) is 35.4. The third-order valence-electron chi connectivity index (χ3n) is 13.1. The topological polar surface area (TPSA) is 87.7 Å². The van der Waals surface area contributed by atoms with E-state index in [4.69, 9.17) is 28.8 Å². The Balaban J connectivity index is 1.00. The zero-order chi connectivity index (χ0) is 43.3. The van der Waals surface area contributed by atoms with E-state index in [-0.39, 0.29) is 0 Å². The highest BCUT2D eigenvalue weighted by molar-refractivity contribution is 6.25. The van der Waals surface area contributed by atoms with Gasteiger partial charge in [-0.15, -0.1) is 0 Å². The van der Waals surface area contributed by atoms with Gasteiger partial charge in [-0.2, -0.15) is 0 Å². The molecule has 0 saturated carbocycles. The molecule has 0 aliphatic carbocycles. The van der Waals surface area contributed by atoms with Crippen LogP contribution in [-0.2, 0) is 12.8 Å². The Labute approximate surface area is 376 Å². The average Bonchev–Trinajstić information content (AvgIpc) is 4.14. The van der Waals surface area contributed by atoms with Gasteiger partial charge in [0, 0.05) is 49.9 Å². The van der Waals surface area contributed by atoms with Gasteiger partial charge >= 0.3 is 0 Å². The normalized spacial score (nSPS) is 12.1. The Hall–Kier alpha value is -8.88. The van der Waals surface area contributed by atoms with Gasteiger partial charge in [0.05, 0.1) is 44.7 Å². The van der Waals surface area contributed by atoms with Crippen molar-refractivity contribution in [1.29, 1.82) is 0 Å². The van der Waals surface area contributed by atoms with Crippen LogP contribution in [-0.4, -0.2) is 29.1 Å². The lowest BCUT2D eigenvalue weighted by Gasteiger charge is -2.16. The number of pyridine rings is 1. The number of nitrogens with zero attached hydrogens (tertiary/aromatic N) is 6. The molecule has 0 aliphatic heterocycles. The van der Waals surface area contributed by atoms with Crippen LogP contribution in [0.4, 0.5) is 0 Å². The lowest BCUT2D eigenvalue weighted by Crippen LogP contribution is -2.09. The molecule has 0 bridgehead atoms. The summed E-state index contributed by atoms with van der Waals surface area (Å²) in [7, 11) is 0. The lowest BCUT2D eigenvalue weighted by molar-refractivity contribution is 0.672. The van der Waals surface area contributed by atoms with Gasteiger partial charge in [0.25, 0.3) is 0 Å². The number of benzene rings is 8. The van der Waals surface area contributed by atoms with E-state index in [0.29, 0.717) is 30.3 Å². The number of hydrogen-bond acceptors (Lipinski definition) is 6. The maximum atomic E-state index is 6.69. The Morgan fingerprint density at radius 1 is 0.394 bits per heavy atom. The van der Waals surface area contributed by atoms with Crippen molar-refractivity contribution >= 4 is 87.5 Å². The van der Waals surface area contributed by atoms with Crippen LogP contribution < -0.4 is 0 Å². The first kappa shape index (κ1) is 36.6. The summed E-state index contributed by atoms with van der Waals surface area (Å²) in [5, 5.41) is 8.75. The molecule has 6 aromatic heterocycles. The molecule has 310 valence electrons. The van der Waals surface area contributed by atoms with Crippen LogP contribution >= 0.6 is 0 Å². The van der Waals surface area contributed by atoms with Crippen molar-refractivity contribution in [3.63, 3.8) is 0 Å². The molecular formula is C58H36N6O2. The summed E-state index contributed by atoms with van der Waals surface area (Å²) in [6.45, 7) is 0. The number of furan rings is 2. The minimum Gasteiger partial charge on any atom is -0.455 e. The Morgan fingerprint density at radius 2 is 0.879 bits per heavy atom. The van der Waals surface area contributed by atoms with Crippen molar-refractivity contribution in [3.8, 4) is 34.3 Å². The minimum absolute atomic E-state index is 0.540. The summed E-state index contributed by atoms with van der Waals surface area (Å²) in [6, 6.07) is 65.1. The second-order valence-corrected chi connectivity index (χ2v) is 16.9. The first-order valence-electron chi connectivity index (χ1n) is 22.3. The molecule has 0 atom stereocenters. The molecule has 66 heavy (non-hydrogen) atoms. The summed E-state index contributed by atoms with van der Waals surface area (Å²) in [6.07, 6.45) is 3.14. The van der Waals surface area contributed by atoms with Gasteiger partial charge in [-0.1, -0.05) is 133 Å². The maximum Gasteiger partial charge on any atom is 0.163 e. The van der Waals surface area contributed by atoms with Gasteiger partial charge in [-0.3, -0.25) is 4.57 Å². The van der Waals surface area contributed by atoms with Crippen molar-refractivity contribution in [2.75, 3.05) is 0 Å². The SMILES string of the molecule is c1ccc(-c2nc(CCc3cc(-n4c5ccccc5c5c6oc7ccccc7c6ccc54)cnc3-n3c4ccccc4c4c5oc6ccccc6c5ccc43)nc(-c3ccccc3)n2)cc1. The highest BCUT2D eigenvalue weighted by Gasteiger charge is 2.24. The zero-order valence-corrected chi connectivity index (χ0v) is 35.4. The molecule has 0 N–H and O–H groups in total. The van der Waals surface area contributed by atoms with E-state index in [2.05, 4.69) is 112 Å². The van der Waals surface area contributed by atoms with Crippen LogP contribution in [0.25, 0.3) is 122 Å². The van der Waals surface area contributed by atoms with E-state index >= 15 is 0 Å². The summed E-state index contributed by atoms with van der Waals surface area (Å²) in [5.41, 5.74) is 11.5. The third kappa shape index (κ3) is 5.51. The largest absolute Gasteiger partial charge is 0.455 e. The molecule has 6 heterocycles. The molecule has 14 rings (SSSR count). The van der Waals surface area contributed by atoms with Gasteiger partial charge in [0.15, 0.2) is 11.6 Å². The molecule has 0 aliphatic rings. The number of rotatable bonds is 7. The standard InChI is InChI=1S/C58H36N6O2/c1-3-15-35(16-4-1)56-60-51(61-57(62-56)36-17-5-2-6-18-36)32-27-37-33-38(63-45-23-11-7-21-43(45)52-47(63)30-28-41-39-19-9-13-25-49(39)65-54(41)52)34-59-58(37)64-46-24-12-8-22-44(46)53-48(64)31-29-42-40-20-10-14-26-50(40)66-55(42)53/h1-26,28-31,33-34H,27,32H2. The lowest BCUT2D eigenvalue weighted by atomic mass is 10.1. The van der Waals surface area contributed by atoms with Crippen LogP contribution in [0.3, 0.4) is 0 Å². The first-order valence-corrected chi connectivity index (χ1v) is 22.3. The summed E-state index contributed by atoms with van der Waals surface area (Å²) in [5.74, 6) is 2.83. The predicted octanol–water partition coefficient (Wildman–Crippen LogP) is 14.4. The van der Waals surface area contributed by atoms with Gasteiger partial charge in [-0.25, -0.2) is 19.9 Å². The highest BCUT2D eigenvalue weighted by atomic mass is 16.3. The van der Waals surface area contributed by atoms with Crippen LogP contribution in [0.5, 0.6) is 0 Å². The second-order valence-electron chi connectivity index (χ2n) is 16.9. The fourth-order valence-corrected chi connectivity index (χ4v) is 10.2. The van der Waals surface area contributed by atoms with E-state index < -0.39 is 0 Å². The molecule has 0 amide bonds.